The highest BCUT2D eigenvalue weighted by Gasteiger charge is 2.40. The molecule has 1 unspecified atom stereocenters. The average Bonchev–Trinajstić information content (AvgIpc) is 3.27. The molecule has 4 rings (SSSR count). The number of rotatable bonds is 4. The summed E-state index contributed by atoms with van der Waals surface area (Å²) in [7, 11) is 0. The lowest BCUT2D eigenvalue weighted by Gasteiger charge is -2.33. The molecule has 1 aliphatic rings. The molecule has 1 N–H and O–H groups in total. The molecule has 9 heteroatoms. The van der Waals surface area contributed by atoms with Gasteiger partial charge in [-0.05, 0) is 75.9 Å². The van der Waals surface area contributed by atoms with Crippen molar-refractivity contribution in [2.24, 2.45) is 0 Å². The molecule has 0 aliphatic carbocycles. The quantitative estimate of drug-likeness (QED) is 0.511. The summed E-state index contributed by atoms with van der Waals surface area (Å²) in [5.41, 5.74) is 0.745. The molecule has 1 fully saturated rings. The van der Waals surface area contributed by atoms with Crippen LogP contribution in [0, 0.1) is 13.8 Å². The third-order valence-corrected chi connectivity index (χ3v) is 6.35. The zero-order valence-corrected chi connectivity index (χ0v) is 19.8. The van der Waals surface area contributed by atoms with Gasteiger partial charge in [0.05, 0.1) is 17.4 Å². The first kappa shape index (κ1) is 24.5. The van der Waals surface area contributed by atoms with Crippen LogP contribution < -0.4 is 5.32 Å². The van der Waals surface area contributed by atoms with Crippen LogP contribution in [0.4, 0.5) is 18.9 Å². The van der Waals surface area contributed by atoms with Crippen molar-refractivity contribution in [3.63, 3.8) is 0 Å². The molecule has 3 aromatic rings. The fraction of sp³-hybridized carbons (Fsp3) is 0.346. The van der Waals surface area contributed by atoms with Crippen molar-refractivity contribution >= 4 is 17.5 Å². The molecule has 2 aromatic carbocycles. The normalized spacial score (nSPS) is 16.3. The second-order valence-electron chi connectivity index (χ2n) is 8.98. The maximum Gasteiger partial charge on any atom is 0.434 e. The molecule has 1 aliphatic heterocycles. The average molecular weight is 485 g/mol. The van der Waals surface area contributed by atoms with Gasteiger partial charge in [-0.1, -0.05) is 17.7 Å². The molecule has 0 spiro atoms. The second kappa shape index (κ2) is 9.56. The molecule has 2 heterocycles. The number of piperidine rings is 1. The highest BCUT2D eigenvalue weighted by molar-refractivity contribution is 6.06. The maximum atomic E-state index is 14.0. The number of alkyl halides is 3. The Morgan fingerprint density at radius 2 is 1.77 bits per heavy atom. The number of benzene rings is 2. The Balaban J connectivity index is 1.59. The van der Waals surface area contributed by atoms with Crippen molar-refractivity contribution < 1.29 is 22.8 Å². The number of carbonyl (C=O) groups is 2. The van der Waals surface area contributed by atoms with Crippen LogP contribution in [0.2, 0.25) is 0 Å². The van der Waals surface area contributed by atoms with Crippen molar-refractivity contribution in [2.45, 2.75) is 52.3 Å². The Labute approximate surface area is 201 Å². The number of likely N-dealkylation sites (tertiary alicyclic amines) is 1. The predicted octanol–water partition coefficient (Wildman–Crippen LogP) is 5.77. The number of hydrogen-bond donors (Lipinski definition) is 1. The standard InChI is InChI=1S/C26H27F3N4O2/c1-16-7-10-20(11-8-16)33-23(26(27,28)29)21(15-30-33)24(34)31-22-12-9-19(14-17(22)2)25(35)32-13-5-4-6-18(32)3/h7-12,14-15,18H,4-6,13H2,1-3H3,(H,31,34). The highest BCUT2D eigenvalue weighted by Crippen LogP contribution is 2.34. The Hall–Kier alpha value is -3.62. The van der Waals surface area contributed by atoms with Crippen molar-refractivity contribution in [3.05, 3.63) is 76.6 Å². The molecule has 0 radical (unpaired) electrons. The molecule has 0 saturated carbocycles. The minimum atomic E-state index is -4.80. The summed E-state index contributed by atoms with van der Waals surface area (Å²) < 4.78 is 42.6. The highest BCUT2D eigenvalue weighted by atomic mass is 19.4. The van der Waals surface area contributed by atoms with E-state index < -0.39 is 23.3 Å². The van der Waals surface area contributed by atoms with Gasteiger partial charge in [-0.3, -0.25) is 9.59 Å². The number of nitrogens with one attached hydrogen (secondary N) is 1. The third kappa shape index (κ3) is 5.08. The van der Waals surface area contributed by atoms with Crippen LogP contribution >= 0.6 is 0 Å². The van der Waals surface area contributed by atoms with Crippen molar-refractivity contribution in [1.29, 1.82) is 0 Å². The molecule has 0 bridgehead atoms. The van der Waals surface area contributed by atoms with Crippen molar-refractivity contribution in [1.82, 2.24) is 14.7 Å². The van der Waals surface area contributed by atoms with Gasteiger partial charge in [-0.15, -0.1) is 0 Å². The first-order chi connectivity index (χ1) is 16.6. The lowest BCUT2D eigenvalue weighted by molar-refractivity contribution is -0.143. The third-order valence-electron chi connectivity index (χ3n) is 6.35. The summed E-state index contributed by atoms with van der Waals surface area (Å²) in [6.45, 7) is 6.24. The SMILES string of the molecule is Cc1ccc(-n2ncc(C(=O)Nc3ccc(C(=O)N4CCCCC4C)cc3C)c2C(F)(F)F)cc1. The van der Waals surface area contributed by atoms with E-state index in [0.29, 0.717) is 23.4 Å². The lowest BCUT2D eigenvalue weighted by atomic mass is 10.0. The van der Waals surface area contributed by atoms with E-state index in [1.165, 1.54) is 12.1 Å². The van der Waals surface area contributed by atoms with Gasteiger partial charge < -0.3 is 10.2 Å². The first-order valence-corrected chi connectivity index (χ1v) is 11.5. The van der Waals surface area contributed by atoms with Gasteiger partial charge in [-0.25, -0.2) is 4.68 Å². The molecule has 6 nitrogen and oxygen atoms in total. The molecular weight excluding hydrogens is 457 g/mol. The molecule has 184 valence electrons. The summed E-state index contributed by atoms with van der Waals surface area (Å²) in [5, 5.41) is 6.40. The number of carbonyl (C=O) groups excluding carboxylic acids is 2. The molecule has 2 amide bonds. The largest absolute Gasteiger partial charge is 0.434 e. The van der Waals surface area contributed by atoms with E-state index in [1.807, 2.05) is 18.7 Å². The summed E-state index contributed by atoms with van der Waals surface area (Å²) in [6, 6.07) is 11.3. The zero-order valence-electron chi connectivity index (χ0n) is 19.8. The second-order valence-corrected chi connectivity index (χ2v) is 8.98. The Morgan fingerprint density at radius 3 is 2.40 bits per heavy atom. The summed E-state index contributed by atoms with van der Waals surface area (Å²) in [5.74, 6) is -1.01. The minimum absolute atomic E-state index is 0.0862. The van der Waals surface area contributed by atoms with Gasteiger partial charge in [0, 0.05) is 23.8 Å². The Kier molecular flexibility index (Phi) is 6.69. The molecule has 1 atom stereocenters. The van der Waals surface area contributed by atoms with Gasteiger partial charge in [0.1, 0.15) is 0 Å². The molecule has 1 saturated heterocycles. The van der Waals surface area contributed by atoms with Gasteiger partial charge in [0.15, 0.2) is 5.69 Å². The number of hydrogen-bond acceptors (Lipinski definition) is 3. The van der Waals surface area contributed by atoms with E-state index in [9.17, 15) is 22.8 Å². The van der Waals surface area contributed by atoms with Crippen LogP contribution in [-0.2, 0) is 6.18 Å². The number of halogens is 3. The Morgan fingerprint density at radius 1 is 1.06 bits per heavy atom. The number of amides is 2. The monoisotopic (exact) mass is 484 g/mol. The van der Waals surface area contributed by atoms with Crippen LogP contribution in [0.3, 0.4) is 0 Å². The topological polar surface area (TPSA) is 67.2 Å². The van der Waals surface area contributed by atoms with Crippen LogP contribution in [0.25, 0.3) is 5.69 Å². The lowest BCUT2D eigenvalue weighted by Crippen LogP contribution is -2.42. The van der Waals surface area contributed by atoms with Crippen LogP contribution in [0.1, 0.15) is 63.7 Å². The van der Waals surface area contributed by atoms with Crippen LogP contribution in [0.5, 0.6) is 0 Å². The number of nitrogens with zero attached hydrogens (tertiary/aromatic N) is 3. The van der Waals surface area contributed by atoms with Crippen molar-refractivity contribution in [2.75, 3.05) is 11.9 Å². The fourth-order valence-electron chi connectivity index (χ4n) is 4.36. The maximum absolute atomic E-state index is 14.0. The van der Waals surface area contributed by atoms with Gasteiger partial charge in [0.2, 0.25) is 0 Å². The van der Waals surface area contributed by atoms with Gasteiger partial charge >= 0.3 is 6.18 Å². The summed E-state index contributed by atoms with van der Waals surface area (Å²) in [4.78, 5) is 27.7. The first-order valence-electron chi connectivity index (χ1n) is 11.5. The number of anilines is 1. The van der Waals surface area contributed by atoms with E-state index >= 15 is 0 Å². The minimum Gasteiger partial charge on any atom is -0.336 e. The Bertz CT molecular complexity index is 1250. The molecule has 35 heavy (non-hydrogen) atoms. The van der Waals surface area contributed by atoms with Gasteiger partial charge in [0.25, 0.3) is 11.8 Å². The van der Waals surface area contributed by atoms with E-state index in [1.54, 1.807) is 37.3 Å². The summed E-state index contributed by atoms with van der Waals surface area (Å²) >= 11 is 0. The van der Waals surface area contributed by atoms with Crippen LogP contribution in [-0.4, -0.2) is 39.1 Å². The zero-order chi connectivity index (χ0) is 25.3. The fourth-order valence-corrected chi connectivity index (χ4v) is 4.36. The van der Waals surface area contributed by atoms with E-state index in [4.69, 9.17) is 0 Å². The number of aryl methyl sites for hydroxylation is 2. The smallest absolute Gasteiger partial charge is 0.336 e. The van der Waals surface area contributed by atoms with E-state index in [-0.39, 0.29) is 17.6 Å². The van der Waals surface area contributed by atoms with E-state index in [0.717, 1.165) is 35.7 Å². The van der Waals surface area contributed by atoms with Gasteiger partial charge in [-0.2, -0.15) is 18.3 Å². The molecule has 1 aromatic heterocycles. The predicted molar refractivity (Wildman–Crippen MR) is 127 cm³/mol. The number of aromatic nitrogens is 2. The molecular formula is C26H27F3N4O2. The van der Waals surface area contributed by atoms with Crippen LogP contribution in [0.15, 0.2) is 48.7 Å². The van der Waals surface area contributed by atoms with E-state index in [2.05, 4.69) is 10.4 Å². The summed E-state index contributed by atoms with van der Waals surface area (Å²) in [6.07, 6.45) is -0.874. The van der Waals surface area contributed by atoms with Crippen molar-refractivity contribution in [3.8, 4) is 5.69 Å².